The summed E-state index contributed by atoms with van der Waals surface area (Å²) in [4.78, 5) is 28.1. The van der Waals surface area contributed by atoms with Crippen LogP contribution in [0.1, 0.15) is 105 Å². The number of Topliss-reactive ketones (excluding diaryl/α,β-unsaturated/α-hetero) is 1. The molecule has 34 heavy (non-hydrogen) atoms. The summed E-state index contributed by atoms with van der Waals surface area (Å²) in [6, 6.07) is 0. The molecule has 0 aliphatic heterocycles. The molecule has 4 aliphatic rings. The number of hydrogen-bond donors (Lipinski definition) is 0. The number of fused-ring (bicyclic) bond motifs is 5. The van der Waals surface area contributed by atoms with Crippen molar-refractivity contribution < 1.29 is 19.1 Å². The number of carbonyl (C=O) groups is 2. The maximum absolute atomic E-state index is 13.6. The summed E-state index contributed by atoms with van der Waals surface area (Å²) in [6.45, 7) is 12.1. The maximum atomic E-state index is 13.6. The second-order valence-corrected chi connectivity index (χ2v) is 13.2. The Morgan fingerprint density at radius 3 is 2.50 bits per heavy atom. The van der Waals surface area contributed by atoms with Crippen molar-refractivity contribution in [3.8, 4) is 0 Å². The number of hydrogen-bond acceptors (Lipinski definition) is 3. The number of nitrogens with zero attached hydrogens (tertiary/aromatic N) is 2. The van der Waals surface area contributed by atoms with Gasteiger partial charge in [-0.1, -0.05) is 53.9 Å². The Hall–Kier alpha value is -1.48. The molecule has 0 amide bonds. The average molecular weight is 471 g/mol. The molecule has 4 rings (SSSR count). The van der Waals surface area contributed by atoms with Gasteiger partial charge < -0.3 is 10.3 Å². The summed E-state index contributed by atoms with van der Waals surface area (Å²) >= 11 is 0. The van der Waals surface area contributed by atoms with Gasteiger partial charge in [-0.3, -0.25) is 4.79 Å². The molecule has 0 bridgehead atoms. The molecule has 0 unspecified atom stereocenters. The lowest BCUT2D eigenvalue weighted by Crippen LogP contribution is -2.57. The lowest BCUT2D eigenvalue weighted by Gasteiger charge is -2.60. The van der Waals surface area contributed by atoms with E-state index in [1.165, 1.54) is 44.9 Å². The molecule has 9 atom stereocenters. The first-order valence-corrected chi connectivity index (χ1v) is 14.0. The summed E-state index contributed by atoms with van der Waals surface area (Å²) in [5.41, 5.74) is 9.00. The molecule has 0 aromatic rings. The molecule has 0 aromatic heterocycles. The Labute approximate surface area is 206 Å². The van der Waals surface area contributed by atoms with E-state index in [1.807, 2.05) is 0 Å². The molecule has 190 valence electrons. The van der Waals surface area contributed by atoms with Gasteiger partial charge in [-0.2, -0.15) is 4.79 Å². The van der Waals surface area contributed by atoms with Gasteiger partial charge in [0.05, 0.1) is 0 Å². The predicted molar refractivity (Wildman–Crippen MR) is 133 cm³/mol. The van der Waals surface area contributed by atoms with Gasteiger partial charge in [0.2, 0.25) is 0 Å². The van der Waals surface area contributed by atoms with Crippen LogP contribution in [0, 0.1) is 52.3 Å². The van der Waals surface area contributed by atoms with Crippen LogP contribution in [0.2, 0.25) is 0 Å². The van der Waals surface area contributed by atoms with E-state index in [1.54, 1.807) is 0 Å². The van der Waals surface area contributed by atoms with Gasteiger partial charge in [-0.25, -0.2) is 4.79 Å². The highest BCUT2D eigenvalue weighted by Gasteiger charge is 2.62. The van der Waals surface area contributed by atoms with Crippen molar-refractivity contribution in [2.75, 3.05) is 0 Å². The third-order valence-corrected chi connectivity index (χ3v) is 11.1. The van der Waals surface area contributed by atoms with Crippen molar-refractivity contribution in [2.45, 2.75) is 111 Å². The van der Waals surface area contributed by atoms with Crippen LogP contribution >= 0.6 is 0 Å². The summed E-state index contributed by atoms with van der Waals surface area (Å²) < 4.78 is 5.48. The largest absolute Gasteiger partial charge is 0.454 e. The van der Waals surface area contributed by atoms with Crippen LogP contribution in [0.25, 0.3) is 5.53 Å². The molecule has 4 saturated carbocycles. The number of rotatable bonds is 7. The predicted octanol–water partition coefficient (Wildman–Crippen LogP) is 6.50. The van der Waals surface area contributed by atoms with Crippen molar-refractivity contribution in [3.63, 3.8) is 0 Å². The van der Waals surface area contributed by atoms with E-state index in [4.69, 9.17) is 10.3 Å². The van der Waals surface area contributed by atoms with Crippen molar-refractivity contribution in [1.29, 1.82) is 0 Å². The van der Waals surface area contributed by atoms with Gasteiger partial charge >= 0.3 is 12.2 Å². The normalized spacial score (nSPS) is 42.2. The van der Waals surface area contributed by atoms with Gasteiger partial charge in [0, 0.05) is 12.3 Å². The van der Waals surface area contributed by atoms with Crippen LogP contribution in [0.4, 0.5) is 0 Å². The minimum Gasteiger partial charge on any atom is -0.454 e. The molecule has 5 heteroatoms. The monoisotopic (exact) mass is 470 g/mol. The Balaban J connectivity index is 1.46. The van der Waals surface area contributed by atoms with Crippen LogP contribution in [-0.4, -0.2) is 28.9 Å². The minimum absolute atomic E-state index is 0.0112. The van der Waals surface area contributed by atoms with E-state index < -0.39 is 5.97 Å². The van der Waals surface area contributed by atoms with Gasteiger partial charge in [0.25, 0.3) is 0 Å². The van der Waals surface area contributed by atoms with Crippen molar-refractivity contribution in [1.82, 2.24) is 0 Å². The van der Waals surface area contributed by atoms with E-state index >= 15 is 0 Å². The first kappa shape index (κ1) is 25.6. The molecule has 0 N–H and O–H groups in total. The van der Waals surface area contributed by atoms with Crippen LogP contribution in [0.3, 0.4) is 0 Å². The minimum atomic E-state index is -0.620. The number of esters is 1. The highest BCUT2D eigenvalue weighted by atomic mass is 16.5. The lowest BCUT2D eigenvalue weighted by atomic mass is 9.44. The third-order valence-electron chi connectivity index (χ3n) is 11.1. The Morgan fingerprint density at radius 1 is 1.09 bits per heavy atom. The zero-order chi connectivity index (χ0) is 24.7. The standard InChI is InChI=1S/C29H46N2O3/c1-18(2)7-6-8-19(3)22-9-10-23-21-16-26(32)25-15-20(34-27(33)17-31-30)11-13-29(25,5)24(21)12-14-28(22,23)4/h17-25H,6-16H2,1-5H3/t19-,20+,21+,22-,23+,24+,25-,28-,29-/m1/s1. The zero-order valence-corrected chi connectivity index (χ0v) is 22.1. The number of ketones is 1. The zero-order valence-electron chi connectivity index (χ0n) is 22.1. The quantitative estimate of drug-likeness (QED) is 0.184. The molecule has 0 spiro atoms. The summed E-state index contributed by atoms with van der Waals surface area (Å²) in [7, 11) is 0. The van der Waals surface area contributed by atoms with E-state index in [0.717, 1.165) is 43.2 Å². The topological polar surface area (TPSA) is 79.8 Å². The van der Waals surface area contributed by atoms with Crippen LogP contribution < -0.4 is 0 Å². The highest BCUT2D eigenvalue weighted by Crippen LogP contribution is 2.68. The molecule has 0 aromatic carbocycles. The molecule has 0 saturated heterocycles. The van der Waals surface area contributed by atoms with Crippen molar-refractivity contribution in [2.24, 2.45) is 52.3 Å². The smallest absolute Gasteiger partial charge is 0.413 e. The first-order valence-electron chi connectivity index (χ1n) is 14.0. The fourth-order valence-corrected chi connectivity index (χ4v) is 9.38. The Morgan fingerprint density at radius 2 is 1.79 bits per heavy atom. The number of ether oxygens (including phenoxy) is 1. The Bertz CT molecular complexity index is 833. The summed E-state index contributed by atoms with van der Waals surface area (Å²) in [5, 5.41) is 0. The lowest BCUT2D eigenvalue weighted by molar-refractivity contribution is -0.168. The van der Waals surface area contributed by atoms with Gasteiger partial charge in [-0.15, -0.1) is 0 Å². The highest BCUT2D eigenvalue weighted by molar-refractivity contribution is 6.20. The fourth-order valence-electron chi connectivity index (χ4n) is 9.38. The van der Waals surface area contributed by atoms with Gasteiger partial charge in [0.1, 0.15) is 11.9 Å². The molecular weight excluding hydrogens is 424 g/mol. The number of carbonyl (C=O) groups excluding carboxylic acids is 2. The SMILES string of the molecule is CC(C)CCC[C@@H](C)[C@H]1CC[C@H]2[C@@H]3CC(=O)[C@H]4C[C@@H](OC(=O)C=[N+]=[N-])CC[C@]4(C)[C@H]3CC[C@]12C. The van der Waals surface area contributed by atoms with Crippen LogP contribution in [-0.2, 0) is 14.3 Å². The first-order chi connectivity index (χ1) is 16.1. The maximum Gasteiger partial charge on any atom is 0.413 e. The van der Waals surface area contributed by atoms with Crippen molar-refractivity contribution >= 4 is 18.0 Å². The second-order valence-electron chi connectivity index (χ2n) is 13.2. The molecule has 5 nitrogen and oxygen atoms in total. The second kappa shape index (κ2) is 9.88. The summed E-state index contributed by atoms with van der Waals surface area (Å²) in [6.07, 6.45) is 12.8. The molecule has 0 radical (unpaired) electrons. The molecule has 4 aliphatic carbocycles. The van der Waals surface area contributed by atoms with Gasteiger partial charge in [-0.05, 0) is 91.3 Å². The van der Waals surface area contributed by atoms with Gasteiger partial charge in [0.15, 0.2) is 0 Å². The molecule has 0 heterocycles. The molecular formula is C29H46N2O3. The van der Waals surface area contributed by atoms with Crippen molar-refractivity contribution in [3.05, 3.63) is 5.53 Å². The van der Waals surface area contributed by atoms with Crippen LogP contribution in [0.5, 0.6) is 0 Å². The summed E-state index contributed by atoms with van der Waals surface area (Å²) in [5.74, 6) is 3.96. The van der Waals surface area contributed by atoms with E-state index in [0.29, 0.717) is 35.4 Å². The van der Waals surface area contributed by atoms with E-state index in [9.17, 15) is 9.59 Å². The fraction of sp³-hybridized carbons (Fsp3) is 0.897. The Kier molecular flexibility index (Phi) is 7.44. The van der Waals surface area contributed by atoms with Crippen LogP contribution in [0.15, 0.2) is 0 Å². The average Bonchev–Trinajstić information content (AvgIpc) is 3.12. The molecule has 4 fully saturated rings. The van der Waals surface area contributed by atoms with E-state index in [-0.39, 0.29) is 17.4 Å². The van der Waals surface area contributed by atoms with E-state index in [2.05, 4.69) is 39.4 Å². The third kappa shape index (κ3) is 4.54.